The molecule has 0 aromatic heterocycles. The highest BCUT2D eigenvalue weighted by Crippen LogP contribution is 2.09. The number of rotatable bonds is 4. The van der Waals surface area contributed by atoms with Gasteiger partial charge in [0.25, 0.3) is 0 Å². The molecule has 0 aromatic rings. The van der Waals surface area contributed by atoms with Gasteiger partial charge in [-0.15, -0.1) is 0 Å². The van der Waals surface area contributed by atoms with E-state index in [-0.39, 0.29) is 0 Å². The normalized spacial score (nSPS) is 14.5. The number of nitrogens with one attached hydrogen (secondary N) is 2. The quantitative estimate of drug-likeness (QED) is 0.771. The van der Waals surface area contributed by atoms with Gasteiger partial charge in [0.1, 0.15) is 23.3 Å². The molecule has 0 radical (unpaired) electrons. The Morgan fingerprint density at radius 1 is 0.773 bits per heavy atom. The van der Waals surface area contributed by atoms with Crippen LogP contribution in [0, 0.1) is 0 Å². The molecule has 2 amide bonds. The maximum atomic E-state index is 11.9. The second kappa shape index (κ2) is 7.47. The van der Waals surface area contributed by atoms with Crippen LogP contribution in [-0.4, -0.2) is 41.3 Å². The van der Waals surface area contributed by atoms with E-state index in [4.69, 9.17) is 9.47 Å². The van der Waals surface area contributed by atoms with Crippen molar-refractivity contribution in [2.45, 2.75) is 78.7 Å². The van der Waals surface area contributed by atoms with Gasteiger partial charge in [-0.1, -0.05) is 0 Å². The van der Waals surface area contributed by atoms with Gasteiger partial charge >= 0.3 is 12.1 Å². The Kier molecular flexibility index (Phi) is 6.86. The van der Waals surface area contributed by atoms with Crippen molar-refractivity contribution in [3.05, 3.63) is 0 Å². The molecule has 2 N–H and O–H groups in total. The van der Waals surface area contributed by atoms with E-state index in [1.54, 1.807) is 41.5 Å². The first-order valence-corrected chi connectivity index (χ1v) is 7.24. The Bertz CT molecular complexity index is 421. The molecule has 7 heteroatoms. The topological polar surface area (TPSA) is 93.7 Å². The second-order valence-corrected chi connectivity index (χ2v) is 7.13. The minimum Gasteiger partial charge on any atom is -0.458 e. The van der Waals surface area contributed by atoms with E-state index in [1.165, 1.54) is 13.8 Å². The average Bonchev–Trinajstić information content (AvgIpc) is 2.23. The minimum absolute atomic E-state index is 0.496. The third-order valence-electron chi connectivity index (χ3n) is 2.25. The van der Waals surface area contributed by atoms with Crippen LogP contribution in [0.15, 0.2) is 0 Å². The summed E-state index contributed by atoms with van der Waals surface area (Å²) in [4.78, 5) is 35.3. The lowest BCUT2D eigenvalue weighted by atomic mass is 10.2. The van der Waals surface area contributed by atoms with E-state index in [0.29, 0.717) is 0 Å². The number of carbonyl (C=O) groups is 3. The van der Waals surface area contributed by atoms with Crippen LogP contribution in [0.4, 0.5) is 4.79 Å². The zero-order valence-corrected chi connectivity index (χ0v) is 14.7. The first-order valence-electron chi connectivity index (χ1n) is 7.24. The number of hydrogen-bond acceptors (Lipinski definition) is 5. The molecular weight excluding hydrogens is 288 g/mol. The fraction of sp³-hybridized carbons (Fsp3) is 0.800. The first kappa shape index (κ1) is 20.2. The van der Waals surface area contributed by atoms with Crippen molar-refractivity contribution in [1.29, 1.82) is 0 Å². The van der Waals surface area contributed by atoms with Crippen molar-refractivity contribution >= 4 is 18.0 Å². The van der Waals surface area contributed by atoms with Gasteiger partial charge in [0, 0.05) is 0 Å². The lowest BCUT2D eigenvalue weighted by Crippen LogP contribution is -2.51. The molecule has 0 saturated heterocycles. The SMILES string of the molecule is CC(NC(=O)OC(C)(C)C)C(=O)NC(C)C(=O)OC(C)(C)C. The summed E-state index contributed by atoms with van der Waals surface area (Å²) in [6, 6.07) is -1.64. The standard InChI is InChI=1S/C15H28N2O5/c1-9(17-13(20)22-15(6,7)8)11(18)16-10(2)12(19)21-14(3,4)5/h9-10H,1-8H3,(H,16,18)(H,17,20). The van der Waals surface area contributed by atoms with Gasteiger partial charge in [-0.25, -0.2) is 9.59 Å². The molecule has 0 aliphatic carbocycles. The zero-order chi connectivity index (χ0) is 17.7. The number of carbonyl (C=O) groups excluding carboxylic acids is 3. The van der Waals surface area contributed by atoms with Crippen molar-refractivity contribution < 1.29 is 23.9 Å². The van der Waals surface area contributed by atoms with E-state index in [2.05, 4.69) is 10.6 Å². The molecule has 0 aliphatic heterocycles. The Labute approximate surface area is 132 Å². The fourth-order valence-corrected chi connectivity index (χ4v) is 1.34. The van der Waals surface area contributed by atoms with E-state index < -0.39 is 41.3 Å². The molecular formula is C15H28N2O5. The van der Waals surface area contributed by atoms with Gasteiger partial charge in [0.15, 0.2) is 0 Å². The van der Waals surface area contributed by atoms with Gasteiger partial charge in [-0.2, -0.15) is 0 Å². The largest absolute Gasteiger partial charge is 0.458 e. The average molecular weight is 316 g/mol. The van der Waals surface area contributed by atoms with Gasteiger partial charge in [0.05, 0.1) is 0 Å². The molecule has 0 aromatic carbocycles. The van der Waals surface area contributed by atoms with Crippen LogP contribution in [0.1, 0.15) is 55.4 Å². The molecule has 0 bridgehead atoms. The lowest BCUT2D eigenvalue weighted by Gasteiger charge is -2.24. The summed E-state index contributed by atoms with van der Waals surface area (Å²) < 4.78 is 10.2. The fourth-order valence-electron chi connectivity index (χ4n) is 1.34. The van der Waals surface area contributed by atoms with Crippen LogP contribution in [-0.2, 0) is 19.1 Å². The maximum Gasteiger partial charge on any atom is 0.408 e. The van der Waals surface area contributed by atoms with Crippen LogP contribution in [0.3, 0.4) is 0 Å². The predicted octanol–water partition coefficient (Wildman–Crippen LogP) is 1.75. The van der Waals surface area contributed by atoms with Gasteiger partial charge < -0.3 is 20.1 Å². The van der Waals surface area contributed by atoms with Crippen LogP contribution in [0.25, 0.3) is 0 Å². The molecule has 7 nitrogen and oxygen atoms in total. The summed E-state index contributed by atoms with van der Waals surface area (Å²) >= 11 is 0. The van der Waals surface area contributed by atoms with Crippen molar-refractivity contribution in [2.24, 2.45) is 0 Å². The molecule has 0 rings (SSSR count). The summed E-state index contributed by atoms with van der Waals surface area (Å²) in [6.07, 6.45) is -0.694. The third kappa shape index (κ3) is 9.20. The minimum atomic E-state index is -0.834. The molecule has 0 heterocycles. The number of ether oxygens (including phenoxy) is 2. The number of alkyl carbamates (subject to hydrolysis) is 1. The molecule has 0 saturated carbocycles. The Hall–Kier alpha value is -1.79. The van der Waals surface area contributed by atoms with E-state index >= 15 is 0 Å². The first-order chi connectivity index (χ1) is 9.71. The van der Waals surface area contributed by atoms with Crippen LogP contribution in [0.2, 0.25) is 0 Å². The Balaban J connectivity index is 4.41. The van der Waals surface area contributed by atoms with Gasteiger partial charge in [-0.05, 0) is 55.4 Å². The van der Waals surface area contributed by atoms with E-state index in [9.17, 15) is 14.4 Å². The van der Waals surface area contributed by atoms with Crippen molar-refractivity contribution in [2.75, 3.05) is 0 Å². The monoisotopic (exact) mass is 316 g/mol. The third-order valence-corrected chi connectivity index (χ3v) is 2.25. The Morgan fingerprint density at radius 2 is 1.23 bits per heavy atom. The van der Waals surface area contributed by atoms with Crippen LogP contribution in [0.5, 0.6) is 0 Å². The van der Waals surface area contributed by atoms with Gasteiger partial charge in [0.2, 0.25) is 5.91 Å². The Morgan fingerprint density at radius 3 is 1.64 bits per heavy atom. The lowest BCUT2D eigenvalue weighted by molar-refractivity contribution is -0.158. The summed E-state index contributed by atoms with van der Waals surface area (Å²) in [5.74, 6) is -1.03. The number of amides is 2. The summed E-state index contributed by atoms with van der Waals surface area (Å²) in [5.41, 5.74) is -1.28. The molecule has 22 heavy (non-hydrogen) atoms. The highest BCUT2D eigenvalue weighted by molar-refractivity contribution is 5.89. The van der Waals surface area contributed by atoms with Crippen molar-refractivity contribution in [1.82, 2.24) is 10.6 Å². The molecule has 2 atom stereocenters. The summed E-state index contributed by atoms with van der Waals surface area (Å²) in [5, 5.41) is 4.89. The molecule has 0 spiro atoms. The second-order valence-electron chi connectivity index (χ2n) is 7.13. The smallest absolute Gasteiger partial charge is 0.408 e. The molecule has 0 fully saturated rings. The zero-order valence-electron chi connectivity index (χ0n) is 14.7. The maximum absolute atomic E-state index is 11.9. The van der Waals surface area contributed by atoms with Crippen LogP contribution >= 0.6 is 0 Å². The number of esters is 1. The molecule has 2 unspecified atom stereocenters. The van der Waals surface area contributed by atoms with E-state index in [0.717, 1.165) is 0 Å². The van der Waals surface area contributed by atoms with E-state index in [1.807, 2.05) is 0 Å². The molecule has 0 aliphatic rings. The van der Waals surface area contributed by atoms with Gasteiger partial charge in [-0.3, -0.25) is 4.79 Å². The van der Waals surface area contributed by atoms with Crippen molar-refractivity contribution in [3.8, 4) is 0 Å². The molecule has 128 valence electrons. The predicted molar refractivity (Wildman–Crippen MR) is 82.3 cm³/mol. The summed E-state index contributed by atoms with van der Waals surface area (Å²) in [7, 11) is 0. The highest BCUT2D eigenvalue weighted by atomic mass is 16.6. The summed E-state index contributed by atoms with van der Waals surface area (Å²) in [6.45, 7) is 13.4. The van der Waals surface area contributed by atoms with Crippen molar-refractivity contribution in [3.63, 3.8) is 0 Å². The highest BCUT2D eigenvalue weighted by Gasteiger charge is 2.26. The van der Waals surface area contributed by atoms with Crippen LogP contribution < -0.4 is 10.6 Å². The number of hydrogen-bond donors (Lipinski definition) is 2.